The number of aromatic nitrogens is 2. The summed E-state index contributed by atoms with van der Waals surface area (Å²) < 4.78 is 40.0. The molecular weight excluding hydrogens is 360 g/mol. The molecule has 0 bridgehead atoms. The molecule has 0 spiro atoms. The highest BCUT2D eigenvalue weighted by Gasteiger charge is 2.32. The molecule has 0 saturated carbocycles. The molecule has 122 valence electrons. The quantitative estimate of drug-likeness (QED) is 0.417. The van der Waals surface area contributed by atoms with Crippen molar-refractivity contribution in [3.05, 3.63) is 69.3 Å². The largest absolute Gasteiger partial charge is 0.416 e. The van der Waals surface area contributed by atoms with Gasteiger partial charge in [-0.2, -0.15) is 18.3 Å². The molecule has 0 atom stereocenters. The zero-order chi connectivity index (χ0) is 17.1. The Balaban J connectivity index is 1.83. The summed E-state index contributed by atoms with van der Waals surface area (Å²) in [7, 11) is 0. The van der Waals surface area contributed by atoms with Gasteiger partial charge in [0, 0.05) is 23.7 Å². The topological polar surface area (TPSA) is 17.8 Å². The van der Waals surface area contributed by atoms with Crippen molar-refractivity contribution in [1.82, 2.24) is 9.78 Å². The Morgan fingerprint density at radius 1 is 1.00 bits per heavy atom. The molecule has 0 amide bonds. The number of alkyl halides is 3. The standard InChI is InChI=1S/C17H9Cl2F3N2/c18-13-6-11(17(20,21)22)7-14(19)16(13)24-8-10-5-9-3-1-2-4-12(9)15(10)23-24/h1-4,6-8H,5H2. The highest BCUT2D eigenvalue weighted by molar-refractivity contribution is 6.37. The molecule has 1 aromatic heterocycles. The first-order chi connectivity index (χ1) is 11.3. The Labute approximate surface area is 145 Å². The molecule has 7 heteroatoms. The van der Waals surface area contributed by atoms with Gasteiger partial charge < -0.3 is 0 Å². The van der Waals surface area contributed by atoms with Crippen LogP contribution in [-0.4, -0.2) is 9.78 Å². The van der Waals surface area contributed by atoms with Gasteiger partial charge in [0.25, 0.3) is 0 Å². The monoisotopic (exact) mass is 368 g/mol. The summed E-state index contributed by atoms with van der Waals surface area (Å²) in [4.78, 5) is 0. The lowest BCUT2D eigenvalue weighted by molar-refractivity contribution is -0.137. The second-order valence-electron chi connectivity index (χ2n) is 5.57. The van der Waals surface area contributed by atoms with Gasteiger partial charge in [-0.05, 0) is 17.7 Å². The summed E-state index contributed by atoms with van der Waals surface area (Å²) in [6.07, 6.45) is -2.02. The number of nitrogens with zero attached hydrogens (tertiary/aromatic N) is 2. The summed E-state index contributed by atoms with van der Waals surface area (Å²) in [6.45, 7) is 0. The van der Waals surface area contributed by atoms with Crippen LogP contribution in [0.1, 0.15) is 16.7 Å². The van der Waals surface area contributed by atoms with Gasteiger partial charge in [-0.15, -0.1) is 0 Å². The highest BCUT2D eigenvalue weighted by Crippen LogP contribution is 2.40. The van der Waals surface area contributed by atoms with E-state index in [2.05, 4.69) is 5.10 Å². The molecule has 1 heterocycles. The van der Waals surface area contributed by atoms with E-state index >= 15 is 0 Å². The summed E-state index contributed by atoms with van der Waals surface area (Å²) >= 11 is 12.1. The summed E-state index contributed by atoms with van der Waals surface area (Å²) in [5, 5.41) is 4.30. The number of rotatable bonds is 1. The zero-order valence-corrected chi connectivity index (χ0v) is 13.5. The van der Waals surface area contributed by atoms with Crippen LogP contribution in [0.25, 0.3) is 16.9 Å². The van der Waals surface area contributed by atoms with E-state index in [1.54, 1.807) is 6.20 Å². The maximum Gasteiger partial charge on any atom is 0.416 e. The molecule has 0 radical (unpaired) electrons. The van der Waals surface area contributed by atoms with E-state index in [1.165, 1.54) is 10.2 Å². The molecule has 2 nitrogen and oxygen atoms in total. The third-order valence-electron chi connectivity index (χ3n) is 4.02. The van der Waals surface area contributed by atoms with E-state index in [1.807, 2.05) is 24.3 Å². The van der Waals surface area contributed by atoms with Gasteiger partial charge in [-0.1, -0.05) is 47.5 Å². The van der Waals surface area contributed by atoms with E-state index in [4.69, 9.17) is 23.2 Å². The minimum Gasteiger partial charge on any atom is -0.237 e. The summed E-state index contributed by atoms with van der Waals surface area (Å²) in [6, 6.07) is 9.61. The van der Waals surface area contributed by atoms with Crippen LogP contribution in [0.5, 0.6) is 0 Å². The van der Waals surface area contributed by atoms with E-state index in [-0.39, 0.29) is 15.7 Å². The molecule has 0 aliphatic heterocycles. The third kappa shape index (κ3) is 2.39. The normalized spacial score (nSPS) is 13.0. The van der Waals surface area contributed by atoms with Crippen molar-refractivity contribution in [2.45, 2.75) is 12.6 Å². The molecular formula is C17H9Cl2F3N2. The lowest BCUT2D eigenvalue weighted by Crippen LogP contribution is -2.07. The van der Waals surface area contributed by atoms with Crippen LogP contribution in [0, 0.1) is 0 Å². The summed E-state index contributed by atoms with van der Waals surface area (Å²) in [5.74, 6) is 0. The molecule has 0 fully saturated rings. The van der Waals surface area contributed by atoms with Gasteiger partial charge in [0.05, 0.1) is 21.3 Å². The first-order valence-corrected chi connectivity index (χ1v) is 7.83. The molecule has 24 heavy (non-hydrogen) atoms. The fraction of sp³-hybridized carbons (Fsp3) is 0.118. The van der Waals surface area contributed by atoms with Gasteiger partial charge in [-0.25, -0.2) is 4.68 Å². The number of hydrogen-bond donors (Lipinski definition) is 0. The average molecular weight is 369 g/mol. The van der Waals surface area contributed by atoms with Gasteiger partial charge >= 0.3 is 6.18 Å². The molecule has 0 saturated heterocycles. The van der Waals surface area contributed by atoms with Gasteiger partial charge in [-0.3, -0.25) is 0 Å². The van der Waals surface area contributed by atoms with Crippen LogP contribution >= 0.6 is 23.2 Å². The highest BCUT2D eigenvalue weighted by atomic mass is 35.5. The van der Waals surface area contributed by atoms with E-state index in [9.17, 15) is 13.2 Å². The SMILES string of the molecule is FC(F)(F)c1cc(Cl)c(-n2cc3c(n2)-c2ccccc2C3)c(Cl)c1. The Kier molecular flexibility index (Phi) is 3.41. The summed E-state index contributed by atoms with van der Waals surface area (Å²) in [5.41, 5.74) is 3.35. The predicted octanol–water partition coefficient (Wildman–Crippen LogP) is 5.77. The smallest absolute Gasteiger partial charge is 0.237 e. The molecule has 4 rings (SSSR count). The molecule has 0 unspecified atom stereocenters. The second-order valence-corrected chi connectivity index (χ2v) is 6.38. The fourth-order valence-electron chi connectivity index (χ4n) is 2.94. The predicted molar refractivity (Wildman–Crippen MR) is 86.8 cm³/mol. The van der Waals surface area contributed by atoms with Crippen LogP contribution in [0.15, 0.2) is 42.6 Å². The van der Waals surface area contributed by atoms with Crippen LogP contribution in [0.4, 0.5) is 13.2 Å². The minimum absolute atomic E-state index is 0.0933. The van der Waals surface area contributed by atoms with Crippen molar-refractivity contribution in [1.29, 1.82) is 0 Å². The number of hydrogen-bond acceptors (Lipinski definition) is 1. The van der Waals surface area contributed by atoms with Crippen molar-refractivity contribution in [2.24, 2.45) is 0 Å². The van der Waals surface area contributed by atoms with Gasteiger partial charge in [0.2, 0.25) is 0 Å². The van der Waals surface area contributed by atoms with E-state index < -0.39 is 11.7 Å². The van der Waals surface area contributed by atoms with Gasteiger partial charge in [0.1, 0.15) is 5.69 Å². The minimum atomic E-state index is -4.50. The molecule has 3 aromatic rings. The Hall–Kier alpha value is -1.98. The van der Waals surface area contributed by atoms with Crippen molar-refractivity contribution in [2.75, 3.05) is 0 Å². The second kappa shape index (κ2) is 5.26. The maximum absolute atomic E-state index is 12.8. The van der Waals surface area contributed by atoms with Crippen molar-refractivity contribution >= 4 is 23.2 Å². The van der Waals surface area contributed by atoms with Crippen molar-refractivity contribution < 1.29 is 13.2 Å². The lowest BCUT2D eigenvalue weighted by Gasteiger charge is -2.12. The Bertz CT molecular complexity index is 938. The number of benzene rings is 2. The van der Waals surface area contributed by atoms with Crippen molar-refractivity contribution in [3.8, 4) is 16.9 Å². The Morgan fingerprint density at radius 2 is 1.67 bits per heavy atom. The fourth-order valence-corrected chi connectivity index (χ4v) is 3.60. The first kappa shape index (κ1) is 15.5. The molecule has 1 aliphatic rings. The third-order valence-corrected chi connectivity index (χ3v) is 4.59. The molecule has 0 N–H and O–H groups in total. The van der Waals surface area contributed by atoms with E-state index in [0.29, 0.717) is 0 Å². The van der Waals surface area contributed by atoms with Crippen LogP contribution < -0.4 is 0 Å². The van der Waals surface area contributed by atoms with Crippen molar-refractivity contribution in [3.63, 3.8) is 0 Å². The van der Waals surface area contributed by atoms with Gasteiger partial charge in [0.15, 0.2) is 0 Å². The zero-order valence-electron chi connectivity index (χ0n) is 12.0. The maximum atomic E-state index is 12.8. The van der Waals surface area contributed by atoms with Crippen LogP contribution in [-0.2, 0) is 12.6 Å². The van der Waals surface area contributed by atoms with Crippen LogP contribution in [0.2, 0.25) is 10.0 Å². The number of halogens is 5. The lowest BCUT2D eigenvalue weighted by atomic mass is 10.1. The number of fused-ring (bicyclic) bond motifs is 3. The molecule has 2 aromatic carbocycles. The average Bonchev–Trinajstić information content (AvgIpc) is 3.03. The Morgan fingerprint density at radius 3 is 2.33 bits per heavy atom. The van der Waals surface area contributed by atoms with Crippen LogP contribution in [0.3, 0.4) is 0 Å². The molecule has 1 aliphatic carbocycles. The first-order valence-electron chi connectivity index (χ1n) is 7.08. The van der Waals surface area contributed by atoms with E-state index in [0.717, 1.165) is 35.4 Å².